The summed E-state index contributed by atoms with van der Waals surface area (Å²) in [5, 5.41) is 10.4. The number of fused-ring (bicyclic) bond motifs is 1. The third-order valence-electron chi connectivity index (χ3n) is 4.49. The first-order valence-corrected chi connectivity index (χ1v) is 9.96. The molecule has 26 heavy (non-hydrogen) atoms. The third kappa shape index (κ3) is 3.93. The lowest BCUT2D eigenvalue weighted by Gasteiger charge is -2.12. The van der Waals surface area contributed by atoms with Gasteiger partial charge in [-0.15, -0.1) is 0 Å². The average molecular weight is 372 g/mol. The van der Waals surface area contributed by atoms with Gasteiger partial charge >= 0.3 is 0 Å². The van der Waals surface area contributed by atoms with Crippen molar-refractivity contribution in [3.8, 4) is 0 Å². The fraction of sp³-hybridized carbons (Fsp3) is 0.421. The van der Waals surface area contributed by atoms with E-state index < -0.39 is 0 Å². The molecule has 0 bridgehead atoms. The number of nitrogens with zero attached hydrogens (tertiary/aromatic N) is 2. The van der Waals surface area contributed by atoms with E-state index in [1.807, 2.05) is 39.0 Å². The Morgan fingerprint density at radius 2 is 2.04 bits per heavy atom. The van der Waals surface area contributed by atoms with Crippen LogP contribution in [0.4, 0.5) is 5.82 Å². The molecule has 1 aromatic carbocycles. The van der Waals surface area contributed by atoms with Crippen LogP contribution in [-0.2, 0) is 22.8 Å². The van der Waals surface area contributed by atoms with E-state index in [1.165, 1.54) is 0 Å². The number of hydrogen-bond donors (Lipinski definition) is 2. The smallest absolute Gasteiger partial charge is 0.256 e. The second-order valence-electron chi connectivity index (χ2n) is 6.53. The summed E-state index contributed by atoms with van der Waals surface area (Å²) in [6.45, 7) is 6.77. The van der Waals surface area contributed by atoms with Gasteiger partial charge in [-0.05, 0) is 43.5 Å². The zero-order valence-corrected chi connectivity index (χ0v) is 16.2. The van der Waals surface area contributed by atoms with E-state index in [9.17, 15) is 9.59 Å². The van der Waals surface area contributed by atoms with Crippen molar-refractivity contribution in [1.29, 1.82) is 0 Å². The zero-order valence-electron chi connectivity index (χ0n) is 15.4. The predicted octanol–water partition coefficient (Wildman–Crippen LogP) is 3.03. The van der Waals surface area contributed by atoms with Crippen LogP contribution in [0.15, 0.2) is 18.2 Å². The van der Waals surface area contributed by atoms with Crippen LogP contribution >= 0.6 is 11.8 Å². The van der Waals surface area contributed by atoms with Gasteiger partial charge < -0.3 is 10.6 Å². The molecular formula is C19H24N4O2S. The highest BCUT2D eigenvalue weighted by Gasteiger charge is 2.25. The normalized spacial score (nSPS) is 12.7. The maximum absolute atomic E-state index is 12.7. The van der Waals surface area contributed by atoms with E-state index >= 15 is 0 Å². The molecule has 2 heterocycles. The summed E-state index contributed by atoms with van der Waals surface area (Å²) in [5.74, 6) is 1.98. The second kappa shape index (κ2) is 7.95. The van der Waals surface area contributed by atoms with Crippen LogP contribution in [0, 0.1) is 13.8 Å². The maximum atomic E-state index is 12.7. The van der Waals surface area contributed by atoms with Crippen molar-refractivity contribution in [2.75, 3.05) is 11.9 Å². The number of aryl methyl sites for hydroxylation is 2. The Morgan fingerprint density at radius 3 is 2.77 bits per heavy atom. The molecule has 1 aliphatic heterocycles. The van der Waals surface area contributed by atoms with Crippen LogP contribution in [-0.4, -0.2) is 28.1 Å². The second-order valence-corrected chi connectivity index (χ2v) is 7.51. The quantitative estimate of drug-likeness (QED) is 0.817. The first-order chi connectivity index (χ1) is 12.5. The Morgan fingerprint density at radius 1 is 1.23 bits per heavy atom. The molecule has 0 radical (unpaired) electrons. The van der Waals surface area contributed by atoms with Gasteiger partial charge in [0.2, 0.25) is 5.91 Å². The summed E-state index contributed by atoms with van der Waals surface area (Å²) in [6, 6.07) is 5.65. The predicted molar refractivity (Wildman–Crippen MR) is 104 cm³/mol. The third-order valence-corrected chi connectivity index (χ3v) is 5.46. The number of aromatic nitrogens is 2. The minimum absolute atomic E-state index is 0.0950. The first-order valence-electron chi connectivity index (χ1n) is 8.81. The van der Waals surface area contributed by atoms with E-state index in [0.717, 1.165) is 40.3 Å². The number of benzene rings is 1. The summed E-state index contributed by atoms with van der Waals surface area (Å²) in [4.78, 5) is 24.8. The molecule has 3 rings (SSSR count). The molecule has 2 aromatic rings. The number of carbonyl (C=O) groups is 2. The number of nitrogens with one attached hydrogen (secondary N) is 2. The van der Waals surface area contributed by atoms with Crippen molar-refractivity contribution in [2.24, 2.45) is 0 Å². The van der Waals surface area contributed by atoms with Crippen LogP contribution in [0.3, 0.4) is 0 Å². The van der Waals surface area contributed by atoms with Gasteiger partial charge in [-0.1, -0.05) is 13.0 Å². The van der Waals surface area contributed by atoms with Gasteiger partial charge in [0.15, 0.2) is 0 Å². The first kappa shape index (κ1) is 18.5. The lowest BCUT2D eigenvalue weighted by atomic mass is 10.1. The number of hydrogen-bond acceptors (Lipinski definition) is 4. The summed E-state index contributed by atoms with van der Waals surface area (Å²) in [5.41, 5.74) is 4.81. The van der Waals surface area contributed by atoms with Crippen molar-refractivity contribution in [1.82, 2.24) is 15.1 Å². The van der Waals surface area contributed by atoms with Crippen molar-refractivity contribution in [3.63, 3.8) is 0 Å². The standard InChI is InChI=1S/C19H24N4O2S/c1-4-7-20-17(24)9-23-18(15-10-26-11-16(15)22-23)21-19(25)14-6-5-12(2)13(3)8-14/h5-6,8H,4,7,9-11H2,1-3H3,(H,20,24)(H,21,25). The summed E-state index contributed by atoms with van der Waals surface area (Å²) >= 11 is 1.76. The Balaban J connectivity index is 1.82. The van der Waals surface area contributed by atoms with Gasteiger partial charge in [0.05, 0.1) is 5.69 Å². The molecule has 2 amide bonds. The van der Waals surface area contributed by atoms with Crippen LogP contribution in [0.25, 0.3) is 0 Å². The molecule has 0 aliphatic carbocycles. The molecule has 0 saturated carbocycles. The van der Waals surface area contributed by atoms with Gasteiger partial charge in [-0.2, -0.15) is 16.9 Å². The molecule has 0 saturated heterocycles. The minimum atomic E-state index is -0.178. The Labute approximate surface area is 157 Å². The molecule has 1 aromatic heterocycles. The highest BCUT2D eigenvalue weighted by molar-refractivity contribution is 7.98. The van der Waals surface area contributed by atoms with Gasteiger partial charge in [0, 0.05) is 29.2 Å². The monoisotopic (exact) mass is 372 g/mol. The summed E-state index contributed by atoms with van der Waals surface area (Å²) in [7, 11) is 0. The maximum Gasteiger partial charge on any atom is 0.256 e. The minimum Gasteiger partial charge on any atom is -0.355 e. The topological polar surface area (TPSA) is 76.0 Å². The van der Waals surface area contributed by atoms with Crippen LogP contribution < -0.4 is 10.6 Å². The van der Waals surface area contributed by atoms with Gasteiger partial charge in [0.1, 0.15) is 12.4 Å². The molecule has 1 aliphatic rings. The van der Waals surface area contributed by atoms with E-state index in [0.29, 0.717) is 17.9 Å². The molecule has 138 valence electrons. The molecule has 0 spiro atoms. The number of anilines is 1. The van der Waals surface area contributed by atoms with Gasteiger partial charge in [-0.25, -0.2) is 4.68 Å². The summed E-state index contributed by atoms with van der Waals surface area (Å²) < 4.78 is 1.62. The van der Waals surface area contributed by atoms with E-state index in [-0.39, 0.29) is 18.4 Å². The average Bonchev–Trinajstić information content (AvgIpc) is 3.18. The van der Waals surface area contributed by atoms with Crippen molar-refractivity contribution in [3.05, 3.63) is 46.1 Å². The van der Waals surface area contributed by atoms with Gasteiger partial charge in [0.25, 0.3) is 5.91 Å². The molecule has 0 unspecified atom stereocenters. The number of amides is 2. The van der Waals surface area contributed by atoms with E-state index in [2.05, 4.69) is 15.7 Å². The largest absolute Gasteiger partial charge is 0.355 e. The molecular weight excluding hydrogens is 348 g/mol. The van der Waals surface area contributed by atoms with Crippen molar-refractivity contribution in [2.45, 2.75) is 45.2 Å². The fourth-order valence-electron chi connectivity index (χ4n) is 2.84. The lowest BCUT2D eigenvalue weighted by molar-refractivity contribution is -0.121. The Kier molecular flexibility index (Phi) is 5.66. The van der Waals surface area contributed by atoms with E-state index in [1.54, 1.807) is 16.4 Å². The lowest BCUT2D eigenvalue weighted by Crippen LogP contribution is -2.29. The SMILES string of the molecule is CCCNC(=O)Cn1nc2c(c1NC(=O)c1ccc(C)c(C)c1)CSC2. The molecule has 0 fully saturated rings. The Hall–Kier alpha value is -2.28. The highest BCUT2D eigenvalue weighted by atomic mass is 32.2. The van der Waals surface area contributed by atoms with Crippen molar-refractivity contribution >= 4 is 29.4 Å². The zero-order chi connectivity index (χ0) is 18.7. The molecule has 0 atom stereocenters. The molecule has 2 N–H and O–H groups in total. The van der Waals surface area contributed by atoms with Crippen LogP contribution in [0.2, 0.25) is 0 Å². The highest BCUT2D eigenvalue weighted by Crippen LogP contribution is 2.34. The summed E-state index contributed by atoms with van der Waals surface area (Å²) in [6.07, 6.45) is 0.883. The number of rotatable bonds is 6. The van der Waals surface area contributed by atoms with Crippen LogP contribution in [0.5, 0.6) is 0 Å². The Bertz CT molecular complexity index is 844. The van der Waals surface area contributed by atoms with Crippen molar-refractivity contribution < 1.29 is 9.59 Å². The number of thioether (sulfide) groups is 1. The van der Waals surface area contributed by atoms with Crippen LogP contribution in [0.1, 0.15) is 46.1 Å². The fourth-order valence-corrected chi connectivity index (χ4v) is 3.87. The van der Waals surface area contributed by atoms with Gasteiger partial charge in [-0.3, -0.25) is 9.59 Å². The molecule has 6 nitrogen and oxygen atoms in total. The number of carbonyl (C=O) groups excluding carboxylic acids is 2. The molecule has 7 heteroatoms. The van der Waals surface area contributed by atoms with E-state index in [4.69, 9.17) is 0 Å².